The summed E-state index contributed by atoms with van der Waals surface area (Å²) in [6.07, 6.45) is 4.65. The standard InChI is InChI=1S/C11H16O4/c1-4-14-11(13)6-5-9(2)7-8-15-10(3)12/h5-7H,4,8H2,1-3H3. The Kier molecular flexibility index (Phi) is 6.97. The van der Waals surface area contributed by atoms with E-state index in [1.807, 2.05) is 0 Å². The molecule has 0 aliphatic carbocycles. The maximum Gasteiger partial charge on any atom is 0.330 e. The quantitative estimate of drug-likeness (QED) is 0.394. The van der Waals surface area contributed by atoms with Crippen molar-refractivity contribution < 1.29 is 19.1 Å². The molecule has 4 heteroatoms. The molecule has 0 aromatic rings. The van der Waals surface area contributed by atoms with Crippen molar-refractivity contribution in [3.05, 3.63) is 23.8 Å². The maximum atomic E-state index is 10.9. The minimum atomic E-state index is -0.377. The minimum absolute atomic E-state index is 0.217. The predicted octanol–water partition coefficient (Wildman–Crippen LogP) is 1.62. The zero-order chi connectivity index (χ0) is 11.7. The van der Waals surface area contributed by atoms with E-state index < -0.39 is 0 Å². The second-order valence-electron chi connectivity index (χ2n) is 2.84. The second-order valence-corrected chi connectivity index (χ2v) is 2.84. The summed E-state index contributed by atoms with van der Waals surface area (Å²) in [4.78, 5) is 21.3. The normalized spacial score (nSPS) is 11.5. The molecule has 0 bridgehead atoms. The van der Waals surface area contributed by atoms with E-state index in [1.54, 1.807) is 26.0 Å². The van der Waals surface area contributed by atoms with E-state index in [9.17, 15) is 9.59 Å². The Balaban J connectivity index is 3.94. The van der Waals surface area contributed by atoms with Crippen LogP contribution in [-0.2, 0) is 19.1 Å². The van der Waals surface area contributed by atoms with Gasteiger partial charge in [0.15, 0.2) is 0 Å². The summed E-state index contributed by atoms with van der Waals surface area (Å²) < 4.78 is 9.40. The molecule has 15 heavy (non-hydrogen) atoms. The van der Waals surface area contributed by atoms with Gasteiger partial charge in [0, 0.05) is 13.0 Å². The van der Waals surface area contributed by atoms with Gasteiger partial charge < -0.3 is 9.47 Å². The lowest BCUT2D eigenvalue weighted by Gasteiger charge is -1.97. The molecule has 0 N–H and O–H groups in total. The lowest BCUT2D eigenvalue weighted by Crippen LogP contribution is -1.99. The Bertz CT molecular complexity index is 276. The molecule has 0 rings (SSSR count). The Morgan fingerprint density at radius 3 is 2.33 bits per heavy atom. The largest absolute Gasteiger partial charge is 0.463 e. The molecule has 0 atom stereocenters. The lowest BCUT2D eigenvalue weighted by atomic mass is 10.2. The van der Waals surface area contributed by atoms with Gasteiger partial charge in [0.1, 0.15) is 6.61 Å². The van der Waals surface area contributed by atoms with E-state index in [0.29, 0.717) is 6.61 Å². The molecule has 0 aliphatic heterocycles. The van der Waals surface area contributed by atoms with Gasteiger partial charge in [-0.15, -0.1) is 0 Å². The van der Waals surface area contributed by atoms with Gasteiger partial charge in [-0.25, -0.2) is 4.79 Å². The van der Waals surface area contributed by atoms with Crippen LogP contribution in [0, 0.1) is 0 Å². The molecular weight excluding hydrogens is 196 g/mol. The molecule has 0 fully saturated rings. The Labute approximate surface area is 89.6 Å². The first kappa shape index (κ1) is 13.4. The third-order valence-corrected chi connectivity index (χ3v) is 1.46. The summed E-state index contributed by atoms with van der Waals surface area (Å²) in [5, 5.41) is 0. The van der Waals surface area contributed by atoms with Crippen molar-refractivity contribution in [3.8, 4) is 0 Å². The molecule has 0 saturated carbocycles. The van der Waals surface area contributed by atoms with E-state index in [1.165, 1.54) is 13.0 Å². The van der Waals surface area contributed by atoms with Gasteiger partial charge in [-0.2, -0.15) is 0 Å². The number of ether oxygens (including phenoxy) is 2. The third kappa shape index (κ3) is 8.74. The highest BCUT2D eigenvalue weighted by molar-refractivity contribution is 5.82. The Morgan fingerprint density at radius 1 is 1.13 bits per heavy atom. The van der Waals surface area contributed by atoms with E-state index in [4.69, 9.17) is 9.47 Å². The number of rotatable bonds is 5. The fourth-order valence-electron chi connectivity index (χ4n) is 0.748. The first-order valence-corrected chi connectivity index (χ1v) is 4.71. The van der Waals surface area contributed by atoms with E-state index in [2.05, 4.69) is 0 Å². The highest BCUT2D eigenvalue weighted by atomic mass is 16.5. The fraction of sp³-hybridized carbons (Fsp3) is 0.455. The van der Waals surface area contributed by atoms with Crippen molar-refractivity contribution in [2.24, 2.45) is 0 Å². The molecule has 0 heterocycles. The van der Waals surface area contributed by atoms with Crippen LogP contribution >= 0.6 is 0 Å². The summed E-state index contributed by atoms with van der Waals surface area (Å²) in [5.41, 5.74) is 0.837. The van der Waals surface area contributed by atoms with Crippen LogP contribution in [0.2, 0.25) is 0 Å². The van der Waals surface area contributed by atoms with Gasteiger partial charge in [0.25, 0.3) is 0 Å². The van der Waals surface area contributed by atoms with Crippen LogP contribution < -0.4 is 0 Å². The van der Waals surface area contributed by atoms with Crippen molar-refractivity contribution in [3.63, 3.8) is 0 Å². The zero-order valence-corrected chi connectivity index (χ0v) is 9.28. The van der Waals surface area contributed by atoms with E-state index in [0.717, 1.165) is 5.57 Å². The first-order valence-electron chi connectivity index (χ1n) is 4.71. The molecular formula is C11H16O4. The molecule has 0 saturated heterocycles. The molecule has 0 aliphatic rings. The topological polar surface area (TPSA) is 52.6 Å². The summed E-state index contributed by atoms with van der Waals surface area (Å²) >= 11 is 0. The monoisotopic (exact) mass is 212 g/mol. The summed E-state index contributed by atoms with van der Waals surface area (Å²) in [6, 6.07) is 0. The minimum Gasteiger partial charge on any atom is -0.463 e. The first-order chi connectivity index (χ1) is 7.06. The Morgan fingerprint density at radius 2 is 1.80 bits per heavy atom. The predicted molar refractivity (Wildman–Crippen MR) is 56.2 cm³/mol. The second kappa shape index (κ2) is 7.79. The fourth-order valence-corrected chi connectivity index (χ4v) is 0.748. The van der Waals surface area contributed by atoms with Gasteiger partial charge in [-0.05, 0) is 19.9 Å². The molecule has 84 valence electrons. The summed E-state index contributed by atoms with van der Waals surface area (Å²) in [6.45, 7) is 5.47. The number of esters is 2. The molecule has 0 amide bonds. The number of carbonyl (C=O) groups excluding carboxylic acids is 2. The van der Waals surface area contributed by atoms with Crippen molar-refractivity contribution in [1.82, 2.24) is 0 Å². The van der Waals surface area contributed by atoms with E-state index >= 15 is 0 Å². The van der Waals surface area contributed by atoms with Crippen molar-refractivity contribution in [1.29, 1.82) is 0 Å². The van der Waals surface area contributed by atoms with Crippen LogP contribution in [0.15, 0.2) is 23.8 Å². The third-order valence-electron chi connectivity index (χ3n) is 1.46. The molecule has 0 spiro atoms. The average Bonchev–Trinajstić information content (AvgIpc) is 2.14. The molecule has 4 nitrogen and oxygen atoms in total. The summed E-state index contributed by atoms with van der Waals surface area (Å²) in [7, 11) is 0. The molecule has 0 aromatic carbocycles. The van der Waals surface area contributed by atoms with Crippen LogP contribution in [0.3, 0.4) is 0 Å². The molecule has 0 radical (unpaired) electrons. The zero-order valence-electron chi connectivity index (χ0n) is 9.28. The molecule has 0 aromatic heterocycles. The highest BCUT2D eigenvalue weighted by Crippen LogP contribution is 1.96. The lowest BCUT2D eigenvalue weighted by molar-refractivity contribution is -0.140. The van der Waals surface area contributed by atoms with Crippen molar-refractivity contribution >= 4 is 11.9 Å². The van der Waals surface area contributed by atoms with E-state index in [-0.39, 0.29) is 18.5 Å². The van der Waals surface area contributed by atoms with Crippen molar-refractivity contribution in [2.75, 3.05) is 13.2 Å². The number of hydrogen-bond donors (Lipinski definition) is 0. The number of allylic oxidation sites excluding steroid dienone is 2. The smallest absolute Gasteiger partial charge is 0.330 e. The number of hydrogen-bond acceptors (Lipinski definition) is 4. The molecule has 0 unspecified atom stereocenters. The number of carbonyl (C=O) groups is 2. The van der Waals surface area contributed by atoms with Crippen LogP contribution in [-0.4, -0.2) is 25.2 Å². The van der Waals surface area contributed by atoms with Gasteiger partial charge in [-0.1, -0.05) is 11.6 Å². The highest BCUT2D eigenvalue weighted by Gasteiger charge is 1.93. The van der Waals surface area contributed by atoms with Crippen molar-refractivity contribution in [2.45, 2.75) is 20.8 Å². The van der Waals surface area contributed by atoms with Crippen LogP contribution in [0.5, 0.6) is 0 Å². The average molecular weight is 212 g/mol. The van der Waals surface area contributed by atoms with Crippen LogP contribution in [0.1, 0.15) is 20.8 Å². The SMILES string of the molecule is CCOC(=O)C=CC(C)=CCOC(C)=O. The van der Waals surface area contributed by atoms with Gasteiger partial charge in [0.2, 0.25) is 0 Å². The van der Waals surface area contributed by atoms with Crippen LogP contribution in [0.25, 0.3) is 0 Å². The summed E-state index contributed by atoms with van der Waals surface area (Å²) in [5.74, 6) is -0.703. The maximum absolute atomic E-state index is 10.9. The van der Waals surface area contributed by atoms with Crippen LogP contribution in [0.4, 0.5) is 0 Å². The van der Waals surface area contributed by atoms with Gasteiger partial charge in [-0.3, -0.25) is 4.79 Å². The van der Waals surface area contributed by atoms with Gasteiger partial charge >= 0.3 is 11.9 Å². The Hall–Kier alpha value is -1.58. The van der Waals surface area contributed by atoms with Gasteiger partial charge in [0.05, 0.1) is 6.61 Å².